The van der Waals surface area contributed by atoms with Gasteiger partial charge in [0.1, 0.15) is 0 Å². The van der Waals surface area contributed by atoms with Gasteiger partial charge in [-0.2, -0.15) is 0 Å². The van der Waals surface area contributed by atoms with Crippen LogP contribution in [0.3, 0.4) is 0 Å². The number of para-hydroxylation sites is 1. The minimum Gasteiger partial charge on any atom is -0.493 e. The van der Waals surface area contributed by atoms with Gasteiger partial charge in [-0.25, -0.2) is 0 Å². The maximum atomic E-state index is 12.9. The molecule has 2 bridgehead atoms. The van der Waals surface area contributed by atoms with E-state index in [2.05, 4.69) is 37.8 Å². The summed E-state index contributed by atoms with van der Waals surface area (Å²) in [5.41, 5.74) is 5.33. The van der Waals surface area contributed by atoms with E-state index >= 15 is 0 Å². The first kappa shape index (κ1) is 22.0. The van der Waals surface area contributed by atoms with E-state index in [1.54, 1.807) is 25.6 Å². The zero-order valence-corrected chi connectivity index (χ0v) is 20.1. The number of benzene rings is 1. The molecule has 2 aliphatic heterocycles. The molecule has 3 aromatic rings. The number of ether oxygens (including phenoxy) is 1. The second-order valence-corrected chi connectivity index (χ2v) is 9.69. The van der Waals surface area contributed by atoms with Crippen molar-refractivity contribution in [1.29, 1.82) is 0 Å². The molecule has 3 atom stereocenters. The van der Waals surface area contributed by atoms with Gasteiger partial charge in [-0.05, 0) is 43.4 Å². The predicted octanol–water partition coefficient (Wildman–Crippen LogP) is 4.26. The predicted molar refractivity (Wildman–Crippen MR) is 136 cm³/mol. The molecule has 8 heteroatoms. The van der Waals surface area contributed by atoms with Crippen LogP contribution in [0.4, 0.5) is 11.4 Å². The van der Waals surface area contributed by atoms with Crippen molar-refractivity contribution in [1.82, 2.24) is 20.6 Å². The largest absolute Gasteiger partial charge is 0.493 e. The summed E-state index contributed by atoms with van der Waals surface area (Å²) < 4.78 is 5.54. The molecule has 0 radical (unpaired) electrons. The van der Waals surface area contributed by atoms with Crippen LogP contribution in [0.15, 0.2) is 36.7 Å². The molecular formula is C27H26ClN5O2. The summed E-state index contributed by atoms with van der Waals surface area (Å²) in [6, 6.07) is 8.25. The summed E-state index contributed by atoms with van der Waals surface area (Å²) in [6.45, 7) is 0.588. The Hall–Kier alpha value is -3.47. The van der Waals surface area contributed by atoms with Gasteiger partial charge in [0, 0.05) is 42.7 Å². The molecule has 1 amide bonds. The normalized spacial score (nSPS) is 22.2. The number of nitrogens with zero attached hydrogens (tertiary/aromatic N) is 1. The van der Waals surface area contributed by atoms with E-state index in [9.17, 15) is 4.79 Å². The summed E-state index contributed by atoms with van der Waals surface area (Å²) in [5.74, 6) is 7.86. The number of nitrogens with one attached hydrogen (secondary N) is 4. The van der Waals surface area contributed by atoms with E-state index in [1.807, 2.05) is 18.2 Å². The minimum atomic E-state index is -0.120. The lowest BCUT2D eigenvalue weighted by Crippen LogP contribution is -2.34. The highest BCUT2D eigenvalue weighted by molar-refractivity contribution is 6.32. The number of aromatic nitrogens is 2. The van der Waals surface area contributed by atoms with Gasteiger partial charge in [0.2, 0.25) is 0 Å². The monoisotopic (exact) mass is 487 g/mol. The molecule has 0 spiro atoms. The van der Waals surface area contributed by atoms with E-state index in [4.69, 9.17) is 16.3 Å². The zero-order valence-electron chi connectivity index (χ0n) is 19.4. The standard InChI is InChI=1S/C27H26ClN5O2/c1-35-26-19(28)3-2-4-22(26)33-25-23-21(10-12-30-27(23)34)32-24(25)18-9-11-29-14-16(18)6-8-20-15-5-7-17(13-15)31-20/h2-4,9,11,14-15,17,20,31-33H,5,7,10,12-13H2,1H3,(H,30,34)/t15-,17+,20+/m1/s1. The van der Waals surface area contributed by atoms with Crippen molar-refractivity contribution in [2.45, 2.75) is 37.8 Å². The molecule has 4 N–H and O–H groups in total. The Morgan fingerprint density at radius 3 is 2.97 bits per heavy atom. The van der Waals surface area contributed by atoms with Crippen LogP contribution in [0.2, 0.25) is 5.02 Å². The van der Waals surface area contributed by atoms with Crippen LogP contribution in [0, 0.1) is 17.8 Å². The van der Waals surface area contributed by atoms with Gasteiger partial charge < -0.3 is 25.7 Å². The van der Waals surface area contributed by atoms with Crippen molar-refractivity contribution >= 4 is 28.9 Å². The first-order valence-electron chi connectivity index (χ1n) is 12.0. The van der Waals surface area contributed by atoms with Crippen molar-refractivity contribution in [2.24, 2.45) is 5.92 Å². The highest BCUT2D eigenvalue weighted by atomic mass is 35.5. The molecule has 0 unspecified atom stereocenters. The Morgan fingerprint density at radius 1 is 1.26 bits per heavy atom. The summed E-state index contributed by atoms with van der Waals surface area (Å²) in [7, 11) is 1.58. The summed E-state index contributed by atoms with van der Waals surface area (Å²) in [4.78, 5) is 20.8. The number of hydrogen-bond acceptors (Lipinski definition) is 5. The number of H-pyrrole nitrogens is 1. The lowest BCUT2D eigenvalue weighted by Gasteiger charge is -2.18. The van der Waals surface area contributed by atoms with Crippen LogP contribution < -0.4 is 20.7 Å². The first-order chi connectivity index (χ1) is 17.1. The molecule has 2 fully saturated rings. The molecule has 4 heterocycles. The molecule has 1 aromatic carbocycles. The van der Waals surface area contributed by atoms with E-state index in [-0.39, 0.29) is 11.9 Å². The fourth-order valence-electron chi connectivity index (χ4n) is 5.54. The maximum absolute atomic E-state index is 12.9. The molecule has 6 rings (SSSR count). The van der Waals surface area contributed by atoms with Gasteiger partial charge in [-0.1, -0.05) is 29.5 Å². The smallest absolute Gasteiger partial charge is 0.255 e. The Bertz CT molecular complexity index is 1370. The minimum absolute atomic E-state index is 0.120. The zero-order chi connectivity index (χ0) is 23.9. The molecule has 7 nitrogen and oxygen atoms in total. The van der Waals surface area contributed by atoms with Crippen molar-refractivity contribution in [3.05, 3.63) is 58.5 Å². The van der Waals surface area contributed by atoms with Gasteiger partial charge in [-0.15, -0.1) is 0 Å². The number of halogens is 1. The summed E-state index contributed by atoms with van der Waals surface area (Å²) in [6.07, 6.45) is 7.96. The third-order valence-corrected chi connectivity index (χ3v) is 7.51. The van der Waals surface area contributed by atoms with E-state index < -0.39 is 0 Å². The Morgan fingerprint density at radius 2 is 2.17 bits per heavy atom. The molecule has 1 saturated carbocycles. The van der Waals surface area contributed by atoms with Crippen LogP contribution in [0.1, 0.15) is 40.9 Å². The lowest BCUT2D eigenvalue weighted by atomic mass is 9.99. The molecular weight excluding hydrogens is 462 g/mol. The van der Waals surface area contributed by atoms with Crippen molar-refractivity contribution in [3.8, 4) is 28.8 Å². The van der Waals surface area contributed by atoms with Crippen LogP contribution in [-0.4, -0.2) is 41.6 Å². The van der Waals surface area contributed by atoms with Gasteiger partial charge in [0.25, 0.3) is 5.91 Å². The molecule has 2 aromatic heterocycles. The Labute approximate surface area is 209 Å². The Balaban J connectivity index is 1.45. The van der Waals surface area contributed by atoms with Crippen LogP contribution >= 0.6 is 11.6 Å². The SMILES string of the molecule is COc1c(Cl)cccc1Nc1c(-c2ccncc2C#C[C@@H]2N[C@H]3CC[C@@H]2C3)[nH]c2c1C(=O)NCC2. The average molecular weight is 488 g/mol. The molecule has 1 saturated heterocycles. The third kappa shape index (κ3) is 3.93. The number of rotatable bonds is 4. The van der Waals surface area contributed by atoms with Crippen LogP contribution in [0.25, 0.3) is 11.3 Å². The average Bonchev–Trinajstić information content (AvgIpc) is 3.58. The molecule has 178 valence electrons. The number of carbonyl (C=O) groups is 1. The topological polar surface area (TPSA) is 91.1 Å². The van der Waals surface area contributed by atoms with E-state index in [0.717, 1.165) is 22.5 Å². The lowest BCUT2D eigenvalue weighted by molar-refractivity contribution is 0.0947. The van der Waals surface area contributed by atoms with Gasteiger partial charge >= 0.3 is 0 Å². The van der Waals surface area contributed by atoms with Gasteiger partial charge in [0.05, 0.1) is 46.4 Å². The first-order valence-corrected chi connectivity index (χ1v) is 12.3. The molecule has 1 aliphatic carbocycles. The second kappa shape index (κ2) is 8.95. The van der Waals surface area contributed by atoms with Crippen LogP contribution in [0.5, 0.6) is 5.75 Å². The number of fused-ring (bicyclic) bond motifs is 3. The highest BCUT2D eigenvalue weighted by Gasteiger charge is 2.38. The van der Waals surface area contributed by atoms with E-state index in [1.165, 1.54) is 19.3 Å². The Kier molecular flexibility index (Phi) is 5.63. The van der Waals surface area contributed by atoms with Gasteiger partial charge in [-0.3, -0.25) is 9.78 Å². The number of carbonyl (C=O) groups excluding carboxylic acids is 1. The van der Waals surface area contributed by atoms with Crippen molar-refractivity contribution < 1.29 is 9.53 Å². The molecule has 3 aliphatic rings. The molecule has 35 heavy (non-hydrogen) atoms. The fraction of sp³-hybridized carbons (Fsp3) is 0.333. The fourth-order valence-corrected chi connectivity index (χ4v) is 5.80. The second-order valence-electron chi connectivity index (χ2n) is 9.29. The number of amides is 1. The quantitative estimate of drug-likeness (QED) is 0.413. The number of pyridine rings is 1. The number of hydrogen-bond donors (Lipinski definition) is 4. The number of anilines is 2. The number of piperidine rings is 1. The number of methoxy groups -OCH3 is 1. The summed E-state index contributed by atoms with van der Waals surface area (Å²) >= 11 is 6.37. The van der Waals surface area contributed by atoms with E-state index in [0.29, 0.717) is 52.6 Å². The summed E-state index contributed by atoms with van der Waals surface area (Å²) in [5, 5.41) is 10.5. The third-order valence-electron chi connectivity index (χ3n) is 7.21. The number of aromatic amines is 1. The van der Waals surface area contributed by atoms with Crippen LogP contribution in [-0.2, 0) is 6.42 Å². The van der Waals surface area contributed by atoms with Crippen molar-refractivity contribution in [3.63, 3.8) is 0 Å². The van der Waals surface area contributed by atoms with Crippen molar-refractivity contribution in [2.75, 3.05) is 19.0 Å². The van der Waals surface area contributed by atoms with Gasteiger partial charge in [0.15, 0.2) is 5.75 Å². The maximum Gasteiger partial charge on any atom is 0.255 e. The highest BCUT2D eigenvalue weighted by Crippen LogP contribution is 2.41.